The lowest BCUT2D eigenvalue weighted by Crippen LogP contribution is -2.33. The predicted molar refractivity (Wildman–Crippen MR) is 103 cm³/mol. The standard InChI is InChI=1S/C20H28N4O3/c1-27-12-11-23-17-7-4-9-21-19(17)24(20(23)26)16-8-10-22(14-16)18(25)13-15-5-2-3-6-15/h4,7,9,15-16H,2-3,5-6,8,10-14H2,1H3/t16-/m1/s1. The van der Waals surface area contributed by atoms with Crippen molar-refractivity contribution in [3.8, 4) is 0 Å². The first-order valence-corrected chi connectivity index (χ1v) is 10.0. The molecule has 1 aliphatic carbocycles. The van der Waals surface area contributed by atoms with Crippen LogP contribution in [-0.4, -0.2) is 51.7 Å². The highest BCUT2D eigenvalue weighted by Gasteiger charge is 2.32. The van der Waals surface area contributed by atoms with Gasteiger partial charge in [0.25, 0.3) is 0 Å². The van der Waals surface area contributed by atoms with Crippen LogP contribution in [0.4, 0.5) is 0 Å². The van der Waals surface area contributed by atoms with E-state index in [0.29, 0.717) is 37.7 Å². The molecular weight excluding hydrogens is 344 g/mol. The maximum Gasteiger partial charge on any atom is 0.330 e. The Labute approximate surface area is 158 Å². The van der Waals surface area contributed by atoms with Crippen LogP contribution in [-0.2, 0) is 16.1 Å². The molecule has 1 amide bonds. The average Bonchev–Trinajstić information content (AvgIpc) is 3.39. The summed E-state index contributed by atoms with van der Waals surface area (Å²) < 4.78 is 8.67. The van der Waals surface area contributed by atoms with E-state index in [0.717, 1.165) is 18.5 Å². The fourth-order valence-corrected chi connectivity index (χ4v) is 4.61. The summed E-state index contributed by atoms with van der Waals surface area (Å²) in [6, 6.07) is 3.77. The van der Waals surface area contributed by atoms with Crippen molar-refractivity contribution in [3.63, 3.8) is 0 Å². The van der Waals surface area contributed by atoms with Crippen molar-refractivity contribution in [2.75, 3.05) is 26.8 Å². The maximum absolute atomic E-state index is 13.1. The molecule has 4 rings (SSSR count). The fraction of sp³-hybridized carbons (Fsp3) is 0.650. The molecule has 0 spiro atoms. The molecule has 0 unspecified atom stereocenters. The van der Waals surface area contributed by atoms with Gasteiger partial charge in [0, 0.05) is 32.8 Å². The Bertz CT molecular complexity index is 866. The third-order valence-electron chi connectivity index (χ3n) is 6.06. The normalized spacial score (nSPS) is 20.8. The molecule has 0 N–H and O–H groups in total. The third-order valence-corrected chi connectivity index (χ3v) is 6.06. The van der Waals surface area contributed by atoms with Crippen LogP contribution in [0.2, 0.25) is 0 Å². The summed E-state index contributed by atoms with van der Waals surface area (Å²) in [5, 5.41) is 0. The summed E-state index contributed by atoms with van der Waals surface area (Å²) in [5.41, 5.74) is 1.47. The molecule has 1 atom stereocenters. The van der Waals surface area contributed by atoms with E-state index >= 15 is 0 Å². The summed E-state index contributed by atoms with van der Waals surface area (Å²) in [5.74, 6) is 0.797. The lowest BCUT2D eigenvalue weighted by atomic mass is 10.0. The molecule has 0 aromatic carbocycles. The summed E-state index contributed by atoms with van der Waals surface area (Å²) in [6.07, 6.45) is 8.05. The summed E-state index contributed by atoms with van der Waals surface area (Å²) in [4.78, 5) is 32.1. The van der Waals surface area contributed by atoms with E-state index in [1.807, 2.05) is 17.0 Å². The monoisotopic (exact) mass is 372 g/mol. The largest absolute Gasteiger partial charge is 0.383 e. The van der Waals surface area contributed by atoms with Crippen LogP contribution in [0.15, 0.2) is 23.1 Å². The Kier molecular flexibility index (Phi) is 5.29. The van der Waals surface area contributed by atoms with Gasteiger partial charge in [-0.05, 0) is 37.3 Å². The number of rotatable bonds is 6. The Balaban J connectivity index is 1.55. The van der Waals surface area contributed by atoms with E-state index in [9.17, 15) is 9.59 Å². The minimum atomic E-state index is -0.0594. The first kappa shape index (κ1) is 18.2. The van der Waals surface area contributed by atoms with Crippen LogP contribution in [0.3, 0.4) is 0 Å². The number of imidazole rings is 1. The van der Waals surface area contributed by atoms with Gasteiger partial charge in [0.05, 0.1) is 24.7 Å². The van der Waals surface area contributed by atoms with E-state index < -0.39 is 0 Å². The zero-order chi connectivity index (χ0) is 18.8. The van der Waals surface area contributed by atoms with Crippen molar-refractivity contribution in [2.45, 2.75) is 51.1 Å². The number of methoxy groups -OCH3 is 1. The van der Waals surface area contributed by atoms with Gasteiger partial charge < -0.3 is 9.64 Å². The van der Waals surface area contributed by atoms with E-state index in [2.05, 4.69) is 4.98 Å². The number of ether oxygens (including phenoxy) is 1. The van der Waals surface area contributed by atoms with Gasteiger partial charge >= 0.3 is 5.69 Å². The Morgan fingerprint density at radius 1 is 1.30 bits per heavy atom. The Hall–Kier alpha value is -2.15. The van der Waals surface area contributed by atoms with Gasteiger partial charge in [0.1, 0.15) is 0 Å². The predicted octanol–water partition coefficient (Wildman–Crippen LogP) is 2.20. The first-order valence-electron chi connectivity index (χ1n) is 10.0. The maximum atomic E-state index is 13.1. The lowest BCUT2D eigenvalue weighted by molar-refractivity contribution is -0.131. The zero-order valence-corrected chi connectivity index (χ0v) is 16.0. The van der Waals surface area contributed by atoms with E-state index in [-0.39, 0.29) is 17.6 Å². The average molecular weight is 372 g/mol. The van der Waals surface area contributed by atoms with Gasteiger partial charge in [0.15, 0.2) is 5.65 Å². The molecule has 1 aliphatic heterocycles. The van der Waals surface area contributed by atoms with Gasteiger partial charge in [-0.2, -0.15) is 0 Å². The van der Waals surface area contributed by atoms with Crippen molar-refractivity contribution in [2.24, 2.45) is 5.92 Å². The highest BCUT2D eigenvalue weighted by atomic mass is 16.5. The minimum Gasteiger partial charge on any atom is -0.383 e. The van der Waals surface area contributed by atoms with Crippen LogP contribution in [0.5, 0.6) is 0 Å². The van der Waals surface area contributed by atoms with Crippen molar-refractivity contribution in [3.05, 3.63) is 28.8 Å². The molecule has 0 bridgehead atoms. The first-order chi connectivity index (χ1) is 13.2. The molecule has 3 heterocycles. The molecule has 1 saturated heterocycles. The SMILES string of the molecule is COCCn1c(=O)n([C@@H]2CCN(C(=O)CC3CCCC3)C2)c2ncccc21. The van der Waals surface area contributed by atoms with E-state index in [4.69, 9.17) is 4.74 Å². The van der Waals surface area contributed by atoms with Gasteiger partial charge in [-0.15, -0.1) is 0 Å². The molecule has 27 heavy (non-hydrogen) atoms. The molecule has 2 fully saturated rings. The fourth-order valence-electron chi connectivity index (χ4n) is 4.61. The molecular formula is C20H28N4O3. The summed E-state index contributed by atoms with van der Waals surface area (Å²) >= 11 is 0. The number of amides is 1. The second-order valence-electron chi connectivity index (χ2n) is 7.78. The number of hydrogen-bond donors (Lipinski definition) is 0. The molecule has 2 aromatic heterocycles. The van der Waals surface area contributed by atoms with E-state index in [1.54, 1.807) is 22.4 Å². The number of aromatic nitrogens is 3. The van der Waals surface area contributed by atoms with Crippen molar-refractivity contribution in [1.82, 2.24) is 19.0 Å². The van der Waals surface area contributed by atoms with Crippen molar-refractivity contribution >= 4 is 17.1 Å². The number of likely N-dealkylation sites (tertiary alicyclic amines) is 1. The van der Waals surface area contributed by atoms with Crippen LogP contribution in [0, 0.1) is 5.92 Å². The van der Waals surface area contributed by atoms with Gasteiger partial charge in [-0.1, -0.05) is 12.8 Å². The van der Waals surface area contributed by atoms with Crippen LogP contribution >= 0.6 is 0 Å². The molecule has 1 saturated carbocycles. The summed E-state index contributed by atoms with van der Waals surface area (Å²) in [6.45, 7) is 2.30. The number of carbonyl (C=O) groups excluding carboxylic acids is 1. The smallest absolute Gasteiger partial charge is 0.330 e. The highest BCUT2D eigenvalue weighted by molar-refractivity contribution is 5.77. The molecule has 146 valence electrons. The van der Waals surface area contributed by atoms with Crippen LogP contribution in [0.1, 0.15) is 44.6 Å². The van der Waals surface area contributed by atoms with Gasteiger partial charge in [0.2, 0.25) is 5.91 Å². The Morgan fingerprint density at radius 3 is 2.89 bits per heavy atom. The second kappa shape index (κ2) is 7.84. The molecule has 7 nitrogen and oxygen atoms in total. The van der Waals surface area contributed by atoms with Crippen molar-refractivity contribution in [1.29, 1.82) is 0 Å². The number of carbonyl (C=O) groups is 1. The number of hydrogen-bond acceptors (Lipinski definition) is 4. The molecule has 2 aliphatic rings. The molecule has 7 heteroatoms. The highest BCUT2D eigenvalue weighted by Crippen LogP contribution is 2.30. The quantitative estimate of drug-likeness (QED) is 0.779. The van der Waals surface area contributed by atoms with E-state index in [1.165, 1.54) is 25.7 Å². The topological polar surface area (TPSA) is 69.4 Å². The lowest BCUT2D eigenvalue weighted by Gasteiger charge is -2.19. The molecule has 0 radical (unpaired) electrons. The second-order valence-corrected chi connectivity index (χ2v) is 7.78. The van der Waals surface area contributed by atoms with Gasteiger partial charge in [-0.3, -0.25) is 13.9 Å². The van der Waals surface area contributed by atoms with Crippen molar-refractivity contribution < 1.29 is 9.53 Å². The number of fused-ring (bicyclic) bond motifs is 1. The van der Waals surface area contributed by atoms with Crippen LogP contribution < -0.4 is 5.69 Å². The third kappa shape index (κ3) is 3.52. The molecule has 2 aromatic rings. The van der Waals surface area contributed by atoms with Crippen LogP contribution in [0.25, 0.3) is 11.2 Å². The Morgan fingerprint density at radius 2 is 2.11 bits per heavy atom. The number of nitrogens with zero attached hydrogens (tertiary/aromatic N) is 4. The van der Waals surface area contributed by atoms with Gasteiger partial charge in [-0.25, -0.2) is 9.78 Å². The minimum absolute atomic E-state index is 0.00813. The zero-order valence-electron chi connectivity index (χ0n) is 16.0. The summed E-state index contributed by atoms with van der Waals surface area (Å²) in [7, 11) is 1.63. The number of pyridine rings is 1.